The van der Waals surface area contributed by atoms with Gasteiger partial charge in [0.05, 0.1) is 12.6 Å². The molecule has 1 atom stereocenters. The summed E-state index contributed by atoms with van der Waals surface area (Å²) < 4.78 is 5.48. The van der Waals surface area contributed by atoms with Gasteiger partial charge in [0.25, 0.3) is 0 Å². The third kappa shape index (κ3) is 5.04. The minimum absolute atomic E-state index is 0.0357. The third-order valence-corrected chi connectivity index (χ3v) is 2.61. The van der Waals surface area contributed by atoms with E-state index < -0.39 is 0 Å². The van der Waals surface area contributed by atoms with E-state index in [1.807, 2.05) is 26.0 Å². The van der Waals surface area contributed by atoms with Crippen molar-refractivity contribution in [2.75, 3.05) is 13.1 Å². The zero-order valence-electron chi connectivity index (χ0n) is 10.9. The van der Waals surface area contributed by atoms with Crippen LogP contribution in [0.2, 0.25) is 0 Å². The lowest BCUT2D eigenvalue weighted by Gasteiger charge is -2.11. The Balaban J connectivity index is 2.23. The topological polar surface area (TPSA) is 54.3 Å². The maximum atomic E-state index is 11.5. The van der Waals surface area contributed by atoms with E-state index in [-0.39, 0.29) is 11.9 Å². The van der Waals surface area contributed by atoms with Gasteiger partial charge in [-0.15, -0.1) is 0 Å². The SMILES string of the molecule is CCCCNC(=O)CNC(C)c1ccc(C)o1. The molecular weight excluding hydrogens is 216 g/mol. The van der Waals surface area contributed by atoms with E-state index in [2.05, 4.69) is 17.6 Å². The smallest absolute Gasteiger partial charge is 0.233 e. The van der Waals surface area contributed by atoms with Crippen LogP contribution in [0.1, 0.15) is 44.3 Å². The van der Waals surface area contributed by atoms with Gasteiger partial charge in [0.1, 0.15) is 11.5 Å². The highest BCUT2D eigenvalue weighted by Gasteiger charge is 2.10. The van der Waals surface area contributed by atoms with Gasteiger partial charge in [-0.2, -0.15) is 0 Å². The number of carbonyl (C=O) groups excluding carboxylic acids is 1. The van der Waals surface area contributed by atoms with Crippen molar-refractivity contribution < 1.29 is 9.21 Å². The number of nitrogens with one attached hydrogen (secondary N) is 2. The molecule has 0 saturated heterocycles. The molecule has 0 fully saturated rings. The summed E-state index contributed by atoms with van der Waals surface area (Å²) in [4.78, 5) is 11.5. The Morgan fingerprint density at radius 1 is 1.47 bits per heavy atom. The normalized spacial score (nSPS) is 12.4. The summed E-state index contributed by atoms with van der Waals surface area (Å²) in [5.74, 6) is 1.79. The van der Waals surface area contributed by atoms with Crippen LogP contribution >= 0.6 is 0 Å². The van der Waals surface area contributed by atoms with E-state index in [0.717, 1.165) is 30.9 Å². The van der Waals surface area contributed by atoms with Gasteiger partial charge in [0, 0.05) is 6.54 Å². The van der Waals surface area contributed by atoms with Crippen molar-refractivity contribution in [2.45, 2.75) is 39.7 Å². The standard InChI is InChI=1S/C13H22N2O2/c1-4-5-8-14-13(16)9-15-11(3)12-7-6-10(2)17-12/h6-7,11,15H,4-5,8-9H2,1-3H3,(H,14,16). The molecule has 0 spiro atoms. The molecule has 0 aliphatic heterocycles. The molecule has 4 nitrogen and oxygen atoms in total. The first kappa shape index (κ1) is 13.8. The maximum absolute atomic E-state index is 11.5. The molecule has 0 aliphatic rings. The lowest BCUT2D eigenvalue weighted by Crippen LogP contribution is -2.35. The van der Waals surface area contributed by atoms with E-state index in [1.165, 1.54) is 0 Å². The van der Waals surface area contributed by atoms with Crippen LogP contribution in [0.5, 0.6) is 0 Å². The Bertz CT molecular complexity index is 347. The summed E-state index contributed by atoms with van der Waals surface area (Å²) in [5.41, 5.74) is 0. The lowest BCUT2D eigenvalue weighted by molar-refractivity contribution is -0.120. The van der Waals surface area contributed by atoms with Crippen LogP contribution in [0.4, 0.5) is 0 Å². The van der Waals surface area contributed by atoms with E-state index in [1.54, 1.807) is 0 Å². The quantitative estimate of drug-likeness (QED) is 0.716. The van der Waals surface area contributed by atoms with E-state index in [0.29, 0.717) is 6.54 Å². The molecule has 0 aromatic carbocycles. The Morgan fingerprint density at radius 2 is 2.24 bits per heavy atom. The van der Waals surface area contributed by atoms with Gasteiger partial charge in [-0.1, -0.05) is 13.3 Å². The maximum Gasteiger partial charge on any atom is 0.233 e. The van der Waals surface area contributed by atoms with Crippen molar-refractivity contribution in [2.24, 2.45) is 0 Å². The number of aryl methyl sites for hydroxylation is 1. The van der Waals surface area contributed by atoms with Gasteiger partial charge < -0.3 is 9.73 Å². The molecule has 2 N–H and O–H groups in total. The number of carbonyl (C=O) groups is 1. The van der Waals surface area contributed by atoms with Crippen LogP contribution in [0, 0.1) is 6.92 Å². The third-order valence-electron chi connectivity index (χ3n) is 2.61. The highest BCUT2D eigenvalue weighted by molar-refractivity contribution is 5.77. The zero-order valence-corrected chi connectivity index (χ0v) is 10.9. The number of rotatable bonds is 7. The molecule has 0 saturated carbocycles. The van der Waals surface area contributed by atoms with Crippen molar-refractivity contribution in [1.29, 1.82) is 0 Å². The van der Waals surface area contributed by atoms with Crippen molar-refractivity contribution in [1.82, 2.24) is 10.6 Å². The fourth-order valence-electron chi connectivity index (χ4n) is 1.50. The van der Waals surface area contributed by atoms with Crippen LogP contribution < -0.4 is 10.6 Å². The number of hydrogen-bond acceptors (Lipinski definition) is 3. The van der Waals surface area contributed by atoms with Gasteiger partial charge in [-0.05, 0) is 32.4 Å². The second kappa shape index (κ2) is 7.12. The monoisotopic (exact) mass is 238 g/mol. The second-order valence-electron chi connectivity index (χ2n) is 4.25. The van der Waals surface area contributed by atoms with Crippen LogP contribution in [0.3, 0.4) is 0 Å². The van der Waals surface area contributed by atoms with Crippen molar-refractivity contribution >= 4 is 5.91 Å². The number of furan rings is 1. The van der Waals surface area contributed by atoms with E-state index in [4.69, 9.17) is 4.42 Å². The predicted octanol–water partition coefficient (Wildman–Crippen LogP) is 2.15. The molecule has 0 aliphatic carbocycles. The van der Waals surface area contributed by atoms with Crippen molar-refractivity contribution in [3.63, 3.8) is 0 Å². The van der Waals surface area contributed by atoms with Gasteiger partial charge in [-0.3, -0.25) is 10.1 Å². The summed E-state index contributed by atoms with van der Waals surface area (Å²) in [6.45, 7) is 7.08. The molecule has 0 radical (unpaired) electrons. The first-order valence-electron chi connectivity index (χ1n) is 6.20. The molecule has 1 aromatic rings. The van der Waals surface area contributed by atoms with Gasteiger partial charge in [-0.25, -0.2) is 0 Å². The zero-order chi connectivity index (χ0) is 12.7. The van der Waals surface area contributed by atoms with Crippen LogP contribution in [0.15, 0.2) is 16.5 Å². The second-order valence-corrected chi connectivity index (χ2v) is 4.25. The Hall–Kier alpha value is -1.29. The summed E-state index contributed by atoms with van der Waals surface area (Å²) in [5, 5.41) is 6.00. The molecular formula is C13H22N2O2. The molecule has 4 heteroatoms. The summed E-state index contributed by atoms with van der Waals surface area (Å²) in [6, 6.07) is 3.91. The van der Waals surface area contributed by atoms with Gasteiger partial charge in [0.15, 0.2) is 0 Å². The molecule has 96 valence electrons. The minimum atomic E-state index is 0.0357. The minimum Gasteiger partial charge on any atom is -0.465 e. The van der Waals surface area contributed by atoms with Crippen molar-refractivity contribution in [3.05, 3.63) is 23.7 Å². The number of hydrogen-bond donors (Lipinski definition) is 2. The number of amides is 1. The lowest BCUT2D eigenvalue weighted by atomic mass is 10.2. The number of unbranched alkanes of at least 4 members (excludes halogenated alkanes) is 1. The summed E-state index contributed by atoms with van der Waals surface area (Å²) >= 11 is 0. The summed E-state index contributed by atoms with van der Waals surface area (Å²) in [6.07, 6.45) is 2.12. The molecule has 1 amide bonds. The van der Waals surface area contributed by atoms with Crippen molar-refractivity contribution in [3.8, 4) is 0 Å². The molecule has 1 heterocycles. The summed E-state index contributed by atoms with van der Waals surface area (Å²) in [7, 11) is 0. The largest absolute Gasteiger partial charge is 0.465 e. The molecule has 1 aromatic heterocycles. The first-order valence-corrected chi connectivity index (χ1v) is 6.20. The van der Waals surface area contributed by atoms with Gasteiger partial charge in [0.2, 0.25) is 5.91 Å². The van der Waals surface area contributed by atoms with Crippen LogP contribution in [-0.4, -0.2) is 19.0 Å². The predicted molar refractivity (Wildman–Crippen MR) is 67.8 cm³/mol. The molecule has 1 unspecified atom stereocenters. The molecule has 0 bridgehead atoms. The van der Waals surface area contributed by atoms with E-state index in [9.17, 15) is 4.79 Å². The Morgan fingerprint density at radius 3 is 2.82 bits per heavy atom. The Labute approximate surface area is 103 Å². The average molecular weight is 238 g/mol. The fourth-order valence-corrected chi connectivity index (χ4v) is 1.50. The Kier molecular flexibility index (Phi) is 5.77. The first-order chi connectivity index (χ1) is 8.13. The van der Waals surface area contributed by atoms with Gasteiger partial charge >= 0.3 is 0 Å². The average Bonchev–Trinajstić information content (AvgIpc) is 2.73. The van der Waals surface area contributed by atoms with Crippen LogP contribution in [0.25, 0.3) is 0 Å². The van der Waals surface area contributed by atoms with E-state index >= 15 is 0 Å². The highest BCUT2D eigenvalue weighted by Crippen LogP contribution is 2.14. The highest BCUT2D eigenvalue weighted by atomic mass is 16.3. The molecule has 1 rings (SSSR count). The fraction of sp³-hybridized carbons (Fsp3) is 0.615. The van der Waals surface area contributed by atoms with Crippen LogP contribution in [-0.2, 0) is 4.79 Å². The molecule has 17 heavy (non-hydrogen) atoms.